The van der Waals surface area contributed by atoms with Gasteiger partial charge in [0.1, 0.15) is 0 Å². The summed E-state index contributed by atoms with van der Waals surface area (Å²) < 4.78 is 0. The molecule has 1 heterocycles. The zero-order valence-electron chi connectivity index (χ0n) is 6.16. The molecule has 11 heavy (non-hydrogen) atoms. The molecule has 0 spiro atoms. The maximum atomic E-state index is 10.7. The summed E-state index contributed by atoms with van der Waals surface area (Å²) in [5.41, 5.74) is 0.902. The Hall–Kier alpha value is -0.736. The summed E-state index contributed by atoms with van der Waals surface area (Å²) in [5, 5.41) is 8.86. The van der Waals surface area contributed by atoms with Crippen molar-refractivity contribution in [1.29, 1.82) is 0 Å². The van der Waals surface area contributed by atoms with Crippen LogP contribution in [-0.4, -0.2) is 23.2 Å². The van der Waals surface area contributed by atoms with Crippen molar-refractivity contribution in [3.63, 3.8) is 0 Å². The van der Waals surface area contributed by atoms with E-state index < -0.39 is 0 Å². The number of nitrogens with one attached hydrogen (secondary N) is 2. The minimum Gasteiger partial charge on any atom is -0.359 e. The number of rotatable bonds is 2. The van der Waals surface area contributed by atoms with Gasteiger partial charge in [0.25, 0.3) is 0 Å². The molecule has 0 saturated carbocycles. The number of carbonyl (C=O) groups excluding carboxylic acids is 1. The molecule has 1 aromatic rings. The fourth-order valence-corrected chi connectivity index (χ4v) is 0.648. The molecule has 5 heteroatoms. The van der Waals surface area contributed by atoms with E-state index in [2.05, 4.69) is 15.5 Å². The molecule has 0 bridgehead atoms. The predicted octanol–water partition coefficient (Wildman–Crippen LogP) is -0.0583. The van der Waals surface area contributed by atoms with E-state index in [1.807, 2.05) is 0 Å². The average Bonchev–Trinajstić information content (AvgIpc) is 2.40. The first kappa shape index (κ1) is 10.3. The van der Waals surface area contributed by atoms with Gasteiger partial charge in [-0.1, -0.05) is 0 Å². The van der Waals surface area contributed by atoms with Crippen molar-refractivity contribution >= 4 is 5.91 Å². The standard InChI is InChI=1S/C6H9N3O.V.H2/c1-7-6(10)2-5-3-8-9-4-5;;/h3-4H,2H2,1H3,(H,7,10)(H,8,9);;1H. The zero-order chi connectivity index (χ0) is 7.40. The minimum atomic E-state index is 0. The molecule has 1 radical (unpaired) electrons. The molecular formula is C6H11N3OV. The van der Waals surface area contributed by atoms with Crippen LogP contribution in [0.5, 0.6) is 0 Å². The quantitative estimate of drug-likeness (QED) is 0.689. The van der Waals surface area contributed by atoms with E-state index in [9.17, 15) is 4.79 Å². The number of aromatic nitrogens is 2. The molecular weight excluding hydrogens is 181 g/mol. The second-order valence-electron chi connectivity index (χ2n) is 1.96. The van der Waals surface area contributed by atoms with E-state index in [-0.39, 0.29) is 25.9 Å². The first-order valence-corrected chi connectivity index (χ1v) is 3.01. The van der Waals surface area contributed by atoms with Gasteiger partial charge in [-0.15, -0.1) is 0 Å². The maximum absolute atomic E-state index is 10.7. The van der Waals surface area contributed by atoms with Crippen molar-refractivity contribution in [1.82, 2.24) is 15.5 Å². The van der Waals surface area contributed by atoms with Gasteiger partial charge in [-0.25, -0.2) is 0 Å². The van der Waals surface area contributed by atoms with Crippen LogP contribution < -0.4 is 5.32 Å². The van der Waals surface area contributed by atoms with Gasteiger partial charge in [0.15, 0.2) is 0 Å². The summed E-state index contributed by atoms with van der Waals surface area (Å²) in [6.07, 6.45) is 3.73. The van der Waals surface area contributed by atoms with Crippen molar-refractivity contribution in [2.45, 2.75) is 6.42 Å². The van der Waals surface area contributed by atoms with Gasteiger partial charge < -0.3 is 5.32 Å². The normalized spacial score (nSPS) is 8.45. The van der Waals surface area contributed by atoms with Crippen molar-refractivity contribution in [2.24, 2.45) is 0 Å². The molecule has 0 aliphatic carbocycles. The van der Waals surface area contributed by atoms with Crippen LogP contribution in [0, 0.1) is 0 Å². The summed E-state index contributed by atoms with van der Waals surface area (Å²) in [6, 6.07) is 0. The van der Waals surface area contributed by atoms with E-state index in [0.29, 0.717) is 6.42 Å². The summed E-state index contributed by atoms with van der Waals surface area (Å²) >= 11 is 0. The number of H-pyrrole nitrogens is 1. The van der Waals surface area contributed by atoms with Gasteiger partial charge in [0.2, 0.25) is 5.91 Å². The molecule has 0 aromatic carbocycles. The summed E-state index contributed by atoms with van der Waals surface area (Å²) in [7, 11) is 1.61. The Morgan fingerprint density at radius 3 is 3.09 bits per heavy atom. The molecule has 2 N–H and O–H groups in total. The Balaban J connectivity index is 0. The van der Waals surface area contributed by atoms with Gasteiger partial charge in [-0.3, -0.25) is 9.89 Å². The molecule has 0 atom stereocenters. The molecule has 0 unspecified atom stereocenters. The van der Waals surface area contributed by atoms with Gasteiger partial charge in [0.05, 0.1) is 12.6 Å². The van der Waals surface area contributed by atoms with Crippen LogP contribution in [-0.2, 0) is 29.8 Å². The number of hydrogen-bond acceptors (Lipinski definition) is 2. The summed E-state index contributed by atoms with van der Waals surface area (Å²) in [6.45, 7) is 0. The summed E-state index contributed by atoms with van der Waals surface area (Å²) in [4.78, 5) is 10.7. The van der Waals surface area contributed by atoms with E-state index in [0.717, 1.165) is 5.56 Å². The Kier molecular flexibility index (Phi) is 4.65. The molecule has 0 saturated heterocycles. The predicted molar refractivity (Wildman–Crippen MR) is 38.5 cm³/mol. The van der Waals surface area contributed by atoms with E-state index in [1.54, 1.807) is 19.4 Å². The number of carbonyl (C=O) groups is 1. The molecule has 4 nitrogen and oxygen atoms in total. The minimum absolute atomic E-state index is 0. The fraction of sp³-hybridized carbons (Fsp3) is 0.333. The molecule has 1 amide bonds. The summed E-state index contributed by atoms with van der Waals surface area (Å²) in [5.74, 6) is 0.00130. The Morgan fingerprint density at radius 2 is 2.64 bits per heavy atom. The van der Waals surface area contributed by atoms with E-state index in [1.165, 1.54) is 0 Å². The van der Waals surface area contributed by atoms with Crippen LogP contribution >= 0.6 is 0 Å². The zero-order valence-corrected chi connectivity index (χ0v) is 7.56. The van der Waals surface area contributed by atoms with Crippen molar-refractivity contribution < 1.29 is 24.8 Å². The van der Waals surface area contributed by atoms with Crippen molar-refractivity contribution in [3.05, 3.63) is 18.0 Å². The van der Waals surface area contributed by atoms with Crippen LogP contribution in [0.2, 0.25) is 0 Å². The van der Waals surface area contributed by atoms with Crippen LogP contribution in [0.3, 0.4) is 0 Å². The SMILES string of the molecule is CNC(=O)Cc1cn[nH]c1.[HH].[V]. The number of nitrogens with zero attached hydrogens (tertiary/aromatic N) is 1. The molecule has 0 fully saturated rings. The van der Waals surface area contributed by atoms with Crippen LogP contribution in [0.15, 0.2) is 12.4 Å². The van der Waals surface area contributed by atoms with Crippen molar-refractivity contribution in [3.8, 4) is 0 Å². The largest absolute Gasteiger partial charge is 0.359 e. The van der Waals surface area contributed by atoms with E-state index in [4.69, 9.17) is 0 Å². The van der Waals surface area contributed by atoms with Gasteiger partial charge in [0, 0.05) is 33.2 Å². The topological polar surface area (TPSA) is 57.8 Å². The Labute approximate surface area is 78.1 Å². The monoisotopic (exact) mass is 192 g/mol. The third kappa shape index (κ3) is 3.25. The number of aromatic amines is 1. The molecule has 0 aliphatic heterocycles. The molecule has 61 valence electrons. The van der Waals surface area contributed by atoms with Gasteiger partial charge in [-0.05, 0) is 5.56 Å². The third-order valence-electron chi connectivity index (χ3n) is 1.20. The number of hydrogen-bond donors (Lipinski definition) is 2. The first-order chi connectivity index (χ1) is 4.83. The molecule has 1 aromatic heterocycles. The Bertz CT molecular complexity index is 215. The van der Waals surface area contributed by atoms with Gasteiger partial charge in [-0.2, -0.15) is 5.10 Å². The first-order valence-electron chi connectivity index (χ1n) is 3.01. The number of likely N-dealkylation sites (N-methyl/N-ethyl adjacent to an activating group) is 1. The van der Waals surface area contributed by atoms with Crippen LogP contribution in [0.25, 0.3) is 0 Å². The second kappa shape index (κ2) is 4.99. The van der Waals surface area contributed by atoms with Crippen molar-refractivity contribution in [2.75, 3.05) is 7.05 Å². The average molecular weight is 192 g/mol. The number of amides is 1. The van der Waals surface area contributed by atoms with E-state index >= 15 is 0 Å². The molecule has 1 rings (SSSR count). The van der Waals surface area contributed by atoms with Crippen LogP contribution in [0.4, 0.5) is 0 Å². The third-order valence-corrected chi connectivity index (χ3v) is 1.20. The maximum Gasteiger partial charge on any atom is 0.224 e. The van der Waals surface area contributed by atoms with Crippen LogP contribution in [0.1, 0.15) is 6.99 Å². The van der Waals surface area contributed by atoms with Gasteiger partial charge >= 0.3 is 0 Å². The second-order valence-corrected chi connectivity index (χ2v) is 1.96. The fourth-order valence-electron chi connectivity index (χ4n) is 0.648. The molecule has 0 aliphatic rings. The Morgan fingerprint density at radius 1 is 1.91 bits per heavy atom. The smallest absolute Gasteiger partial charge is 0.224 e.